The van der Waals surface area contributed by atoms with Crippen LogP contribution in [-0.2, 0) is 0 Å². The zero-order chi connectivity index (χ0) is 9.80. The second-order valence-electron chi connectivity index (χ2n) is 3.74. The molecule has 0 N–H and O–H groups in total. The highest BCUT2D eigenvalue weighted by Gasteiger charge is 2.27. The van der Waals surface area contributed by atoms with Crippen LogP contribution in [-0.4, -0.2) is 11.2 Å². The van der Waals surface area contributed by atoms with Gasteiger partial charge in [-0.25, -0.2) is 4.99 Å². The number of nitrogens with zero attached hydrogens (tertiary/aromatic N) is 1. The number of rotatable bonds is 2. The standard InChI is InChI=1S/C12H13NS/c14-9-13-12-8-4-7-11(12)10-5-2-1-3-6-10/h1-3,5-6,11-12H,4,7-8H2/t11-,12-/m1/s1. The third kappa shape index (κ3) is 1.92. The molecule has 1 aliphatic rings. The molecule has 0 saturated heterocycles. The van der Waals surface area contributed by atoms with Crippen molar-refractivity contribution in [2.75, 3.05) is 0 Å². The number of isothiocyanates is 1. The lowest BCUT2D eigenvalue weighted by Crippen LogP contribution is -2.08. The highest BCUT2D eigenvalue weighted by Crippen LogP contribution is 2.36. The molecule has 2 heteroatoms. The molecular formula is C12H13NS. The molecule has 1 aromatic carbocycles. The SMILES string of the molecule is S=C=N[C@@H]1CCC[C@@H]1c1ccccc1. The van der Waals surface area contributed by atoms with Gasteiger partial charge in [-0.15, -0.1) is 0 Å². The van der Waals surface area contributed by atoms with E-state index in [4.69, 9.17) is 0 Å². The second kappa shape index (κ2) is 4.50. The maximum absolute atomic E-state index is 4.67. The lowest BCUT2D eigenvalue weighted by molar-refractivity contribution is 0.619. The van der Waals surface area contributed by atoms with Gasteiger partial charge in [0, 0.05) is 5.92 Å². The Morgan fingerprint density at radius 3 is 2.71 bits per heavy atom. The maximum Gasteiger partial charge on any atom is 0.0671 e. The predicted molar refractivity (Wildman–Crippen MR) is 61.8 cm³/mol. The van der Waals surface area contributed by atoms with Gasteiger partial charge in [-0.3, -0.25) is 0 Å². The second-order valence-corrected chi connectivity index (χ2v) is 3.92. The van der Waals surface area contributed by atoms with Crippen molar-refractivity contribution in [1.82, 2.24) is 0 Å². The number of aliphatic imine (C=N–C) groups is 1. The Balaban J connectivity index is 2.21. The molecule has 1 aliphatic carbocycles. The molecule has 0 bridgehead atoms. The lowest BCUT2D eigenvalue weighted by atomic mass is 9.95. The van der Waals surface area contributed by atoms with Crippen LogP contribution in [0.3, 0.4) is 0 Å². The summed E-state index contributed by atoms with van der Waals surface area (Å²) in [5, 5.41) is 2.52. The molecule has 0 amide bonds. The third-order valence-electron chi connectivity index (χ3n) is 2.93. The van der Waals surface area contributed by atoms with Gasteiger partial charge in [-0.2, -0.15) is 0 Å². The van der Waals surface area contributed by atoms with Crippen LogP contribution in [0.15, 0.2) is 35.3 Å². The van der Waals surface area contributed by atoms with Crippen LogP contribution >= 0.6 is 12.2 Å². The van der Waals surface area contributed by atoms with Gasteiger partial charge in [-0.1, -0.05) is 36.8 Å². The van der Waals surface area contributed by atoms with Gasteiger partial charge < -0.3 is 0 Å². The third-order valence-corrected chi connectivity index (χ3v) is 3.03. The van der Waals surface area contributed by atoms with Crippen LogP contribution < -0.4 is 0 Å². The Labute approximate surface area is 89.9 Å². The van der Waals surface area contributed by atoms with Crippen molar-refractivity contribution in [3.63, 3.8) is 0 Å². The van der Waals surface area contributed by atoms with E-state index in [1.54, 1.807) is 0 Å². The summed E-state index contributed by atoms with van der Waals surface area (Å²) in [7, 11) is 0. The van der Waals surface area contributed by atoms with E-state index in [0.29, 0.717) is 12.0 Å². The first-order chi connectivity index (χ1) is 6.92. The number of thiocarbonyl (C=S) groups is 1. The average Bonchev–Trinajstić information content (AvgIpc) is 2.68. The zero-order valence-corrected chi connectivity index (χ0v) is 8.83. The van der Waals surface area contributed by atoms with E-state index in [0.717, 1.165) is 6.42 Å². The molecule has 0 unspecified atom stereocenters. The van der Waals surface area contributed by atoms with Crippen molar-refractivity contribution in [3.8, 4) is 0 Å². The van der Waals surface area contributed by atoms with E-state index in [-0.39, 0.29) is 0 Å². The monoisotopic (exact) mass is 203 g/mol. The average molecular weight is 203 g/mol. The molecule has 1 nitrogen and oxygen atoms in total. The van der Waals surface area contributed by atoms with Crippen LogP contribution in [0.2, 0.25) is 0 Å². The van der Waals surface area contributed by atoms with E-state index < -0.39 is 0 Å². The van der Waals surface area contributed by atoms with E-state index in [1.807, 2.05) is 0 Å². The fourth-order valence-corrected chi connectivity index (χ4v) is 2.39. The fourth-order valence-electron chi connectivity index (χ4n) is 2.25. The number of hydrogen-bond donors (Lipinski definition) is 0. The van der Waals surface area contributed by atoms with Crippen molar-refractivity contribution in [2.24, 2.45) is 4.99 Å². The summed E-state index contributed by atoms with van der Waals surface area (Å²) in [4.78, 5) is 4.25. The molecular weight excluding hydrogens is 190 g/mol. The van der Waals surface area contributed by atoms with Crippen molar-refractivity contribution in [3.05, 3.63) is 35.9 Å². The molecule has 0 heterocycles. The van der Waals surface area contributed by atoms with Gasteiger partial charge >= 0.3 is 0 Å². The number of benzene rings is 1. The molecule has 14 heavy (non-hydrogen) atoms. The minimum Gasteiger partial charge on any atom is -0.229 e. The fraction of sp³-hybridized carbons (Fsp3) is 0.417. The van der Waals surface area contributed by atoms with E-state index in [1.165, 1.54) is 18.4 Å². The summed E-state index contributed by atoms with van der Waals surface area (Å²) >= 11 is 4.67. The normalized spacial score (nSPS) is 25.7. The van der Waals surface area contributed by atoms with Crippen LogP contribution in [0.25, 0.3) is 0 Å². The van der Waals surface area contributed by atoms with Gasteiger partial charge in [0.1, 0.15) is 0 Å². The highest BCUT2D eigenvalue weighted by molar-refractivity contribution is 7.78. The molecule has 2 rings (SSSR count). The van der Waals surface area contributed by atoms with Crippen molar-refractivity contribution < 1.29 is 0 Å². The first kappa shape index (κ1) is 9.57. The van der Waals surface area contributed by atoms with Gasteiger partial charge in [0.2, 0.25) is 0 Å². The summed E-state index contributed by atoms with van der Waals surface area (Å²) in [6.07, 6.45) is 3.64. The lowest BCUT2D eigenvalue weighted by Gasteiger charge is -2.14. The van der Waals surface area contributed by atoms with Crippen LogP contribution in [0, 0.1) is 0 Å². The summed E-state index contributed by atoms with van der Waals surface area (Å²) in [5.74, 6) is 0.562. The Morgan fingerprint density at radius 2 is 2.00 bits per heavy atom. The largest absolute Gasteiger partial charge is 0.229 e. The summed E-state index contributed by atoms with van der Waals surface area (Å²) in [6.45, 7) is 0. The van der Waals surface area contributed by atoms with Gasteiger partial charge in [-0.05, 0) is 30.6 Å². The van der Waals surface area contributed by atoms with E-state index in [9.17, 15) is 0 Å². The summed E-state index contributed by atoms with van der Waals surface area (Å²) in [5.41, 5.74) is 1.39. The number of hydrogen-bond acceptors (Lipinski definition) is 2. The molecule has 72 valence electrons. The topological polar surface area (TPSA) is 12.4 Å². The van der Waals surface area contributed by atoms with E-state index >= 15 is 0 Å². The van der Waals surface area contributed by atoms with E-state index in [2.05, 4.69) is 52.7 Å². The molecule has 0 aliphatic heterocycles. The predicted octanol–water partition coefficient (Wildman–Crippen LogP) is 3.43. The highest BCUT2D eigenvalue weighted by atomic mass is 32.1. The molecule has 2 atom stereocenters. The van der Waals surface area contributed by atoms with Crippen molar-refractivity contribution in [1.29, 1.82) is 0 Å². The smallest absolute Gasteiger partial charge is 0.0671 e. The first-order valence-corrected chi connectivity index (χ1v) is 5.44. The molecule has 1 aromatic rings. The minimum absolute atomic E-state index is 0.370. The molecule has 0 spiro atoms. The van der Waals surface area contributed by atoms with Gasteiger partial charge in [0.25, 0.3) is 0 Å². The molecule has 0 aromatic heterocycles. The quantitative estimate of drug-likeness (QED) is 0.530. The molecule has 1 saturated carbocycles. The zero-order valence-electron chi connectivity index (χ0n) is 8.02. The van der Waals surface area contributed by atoms with Gasteiger partial charge in [0.15, 0.2) is 0 Å². The van der Waals surface area contributed by atoms with Crippen molar-refractivity contribution >= 4 is 17.4 Å². The summed E-state index contributed by atoms with van der Waals surface area (Å²) in [6, 6.07) is 11.0. The Hall–Kier alpha value is -0.980. The Kier molecular flexibility index (Phi) is 3.07. The van der Waals surface area contributed by atoms with Gasteiger partial charge in [0.05, 0.1) is 11.2 Å². The first-order valence-electron chi connectivity index (χ1n) is 5.04. The van der Waals surface area contributed by atoms with Crippen LogP contribution in [0.4, 0.5) is 0 Å². The van der Waals surface area contributed by atoms with Crippen LogP contribution in [0.1, 0.15) is 30.7 Å². The summed E-state index contributed by atoms with van der Waals surface area (Å²) < 4.78 is 0. The Bertz CT molecular complexity index is 341. The molecule has 0 radical (unpaired) electrons. The van der Waals surface area contributed by atoms with Crippen molar-refractivity contribution in [2.45, 2.75) is 31.2 Å². The van der Waals surface area contributed by atoms with Crippen LogP contribution in [0.5, 0.6) is 0 Å². The maximum atomic E-state index is 4.67. The Morgan fingerprint density at radius 1 is 1.21 bits per heavy atom. The molecule has 1 fully saturated rings. The minimum atomic E-state index is 0.370.